The van der Waals surface area contributed by atoms with Gasteiger partial charge in [-0.1, -0.05) is 6.07 Å². The van der Waals surface area contributed by atoms with Crippen LogP contribution < -0.4 is 10.6 Å². The summed E-state index contributed by atoms with van der Waals surface area (Å²) in [6, 6.07) is 2.82. The smallest absolute Gasteiger partial charge is 0.358 e. The fourth-order valence-corrected chi connectivity index (χ4v) is 4.19. The number of carbonyl (C=O) groups is 1. The molecule has 0 spiro atoms. The van der Waals surface area contributed by atoms with Gasteiger partial charge in [-0.25, -0.2) is 28.5 Å². The molecule has 1 aliphatic heterocycles. The fourth-order valence-electron chi connectivity index (χ4n) is 4.19. The van der Waals surface area contributed by atoms with Crippen LogP contribution in [-0.2, 0) is 18.3 Å². The minimum Gasteiger partial charge on any atom is -0.476 e. The molecule has 1 fully saturated rings. The number of fused-ring (bicyclic) bond motifs is 1. The Morgan fingerprint density at radius 3 is 2.65 bits per heavy atom. The summed E-state index contributed by atoms with van der Waals surface area (Å²) >= 11 is 0. The van der Waals surface area contributed by atoms with Gasteiger partial charge in [-0.05, 0) is 6.07 Å². The average Bonchev–Trinajstić information content (AvgIpc) is 3.29. The molecule has 0 aliphatic carbocycles. The summed E-state index contributed by atoms with van der Waals surface area (Å²) in [5.41, 5.74) is 1.40. The Morgan fingerprint density at radius 1 is 1.14 bits per heavy atom. The predicted octanol–water partition coefficient (Wildman–Crippen LogP) is 3.02. The van der Waals surface area contributed by atoms with Crippen molar-refractivity contribution in [2.45, 2.75) is 6.54 Å². The number of hydrogen-bond donors (Lipinski definition) is 3. The van der Waals surface area contributed by atoms with Gasteiger partial charge in [0.15, 0.2) is 29.0 Å². The lowest BCUT2D eigenvalue weighted by Crippen LogP contribution is -2.35. The van der Waals surface area contributed by atoms with Crippen molar-refractivity contribution in [2.75, 3.05) is 44.0 Å². The minimum atomic E-state index is -1.40. The second-order valence-electron chi connectivity index (χ2n) is 8.50. The van der Waals surface area contributed by atoms with Crippen molar-refractivity contribution in [1.82, 2.24) is 29.4 Å². The van der Waals surface area contributed by atoms with Gasteiger partial charge in [0.2, 0.25) is 0 Å². The molecule has 0 bridgehead atoms. The van der Waals surface area contributed by atoms with Crippen molar-refractivity contribution < 1.29 is 23.4 Å². The minimum absolute atomic E-state index is 0.191. The first-order valence-corrected chi connectivity index (χ1v) is 11.5. The molecule has 0 saturated carbocycles. The molecule has 3 N–H and O–H groups in total. The summed E-state index contributed by atoms with van der Waals surface area (Å²) in [5.74, 6) is -3.59. The Kier molecular flexibility index (Phi) is 6.63. The molecule has 0 radical (unpaired) electrons. The van der Waals surface area contributed by atoms with Crippen LogP contribution in [-0.4, -0.2) is 73.8 Å². The number of morpholine rings is 1. The maximum atomic E-state index is 15.0. The second-order valence-corrected chi connectivity index (χ2v) is 8.50. The topological polar surface area (TPSA) is 130 Å². The van der Waals surface area contributed by atoms with Gasteiger partial charge in [-0.15, -0.1) is 0 Å². The van der Waals surface area contributed by atoms with Gasteiger partial charge >= 0.3 is 5.97 Å². The number of nitrogens with zero attached hydrogens (tertiary/aromatic N) is 6. The Morgan fingerprint density at radius 2 is 1.92 bits per heavy atom. The van der Waals surface area contributed by atoms with Crippen molar-refractivity contribution in [3.8, 4) is 11.3 Å². The molecule has 5 rings (SSSR count). The maximum Gasteiger partial charge on any atom is 0.358 e. The number of halogens is 2. The number of nitrogens with one attached hydrogen (secondary N) is 2. The van der Waals surface area contributed by atoms with Gasteiger partial charge in [0.1, 0.15) is 11.2 Å². The lowest BCUT2D eigenvalue weighted by Gasteiger charge is -2.26. The van der Waals surface area contributed by atoms with Gasteiger partial charge in [-0.2, -0.15) is 0 Å². The molecule has 37 heavy (non-hydrogen) atoms. The van der Waals surface area contributed by atoms with Gasteiger partial charge < -0.3 is 25.0 Å². The molecule has 1 aliphatic rings. The third-order valence-electron chi connectivity index (χ3n) is 6.14. The summed E-state index contributed by atoms with van der Waals surface area (Å²) in [5, 5.41) is 15.4. The number of rotatable bonds is 7. The number of aromatic nitrogens is 5. The molecular formula is C24H24F2N8O3. The molecule has 1 saturated heterocycles. The highest BCUT2D eigenvalue weighted by atomic mass is 19.2. The number of carboxylic acids is 1. The molecule has 3 aromatic heterocycles. The summed E-state index contributed by atoms with van der Waals surface area (Å²) < 4.78 is 37.0. The maximum absolute atomic E-state index is 15.0. The van der Waals surface area contributed by atoms with E-state index in [0.29, 0.717) is 37.4 Å². The van der Waals surface area contributed by atoms with Crippen molar-refractivity contribution in [3.63, 3.8) is 0 Å². The predicted molar refractivity (Wildman–Crippen MR) is 132 cm³/mol. The van der Waals surface area contributed by atoms with Crippen molar-refractivity contribution in [1.29, 1.82) is 0 Å². The zero-order valence-corrected chi connectivity index (χ0v) is 20.1. The highest BCUT2D eigenvalue weighted by Crippen LogP contribution is 2.33. The first kappa shape index (κ1) is 24.5. The number of aromatic carboxylic acids is 1. The van der Waals surface area contributed by atoms with Gasteiger partial charge in [0.05, 0.1) is 42.5 Å². The van der Waals surface area contributed by atoms with E-state index in [4.69, 9.17) is 4.74 Å². The van der Waals surface area contributed by atoms with Crippen LogP contribution in [0.2, 0.25) is 0 Å². The lowest BCUT2D eigenvalue weighted by molar-refractivity contribution is 0.0336. The zero-order chi connectivity index (χ0) is 26.1. The first-order chi connectivity index (χ1) is 17.9. The van der Waals surface area contributed by atoms with Crippen LogP contribution in [0.15, 0.2) is 30.9 Å². The molecule has 4 heterocycles. The Bertz CT molecular complexity index is 1490. The van der Waals surface area contributed by atoms with Crippen molar-refractivity contribution in [3.05, 3.63) is 53.7 Å². The summed E-state index contributed by atoms with van der Waals surface area (Å²) in [6.07, 6.45) is 4.75. The van der Waals surface area contributed by atoms with Crippen LogP contribution >= 0.6 is 0 Å². The third-order valence-corrected chi connectivity index (χ3v) is 6.14. The molecule has 0 amide bonds. The molecule has 13 heteroatoms. The number of aryl methyl sites for hydroxylation is 1. The van der Waals surface area contributed by atoms with E-state index in [-0.39, 0.29) is 35.1 Å². The first-order valence-electron chi connectivity index (χ1n) is 11.5. The highest BCUT2D eigenvalue weighted by molar-refractivity contribution is 5.97. The van der Waals surface area contributed by atoms with Gasteiger partial charge in [0.25, 0.3) is 0 Å². The number of carboxylic acid groups (broad SMARTS) is 1. The van der Waals surface area contributed by atoms with Crippen LogP contribution in [0.25, 0.3) is 22.3 Å². The van der Waals surface area contributed by atoms with E-state index in [1.54, 1.807) is 31.2 Å². The number of imidazole rings is 1. The van der Waals surface area contributed by atoms with Crippen LogP contribution in [0.4, 0.5) is 26.1 Å². The summed E-state index contributed by atoms with van der Waals surface area (Å²) in [7, 11) is 3.39. The van der Waals surface area contributed by atoms with Crippen molar-refractivity contribution in [2.24, 2.45) is 7.05 Å². The number of pyridine rings is 1. The lowest BCUT2D eigenvalue weighted by atomic mass is 10.1. The van der Waals surface area contributed by atoms with E-state index in [1.807, 2.05) is 4.90 Å². The average molecular weight is 511 g/mol. The molecule has 0 atom stereocenters. The van der Waals surface area contributed by atoms with Gasteiger partial charge in [0, 0.05) is 45.5 Å². The highest BCUT2D eigenvalue weighted by Gasteiger charge is 2.24. The normalized spacial score (nSPS) is 14.2. The van der Waals surface area contributed by atoms with E-state index >= 15 is 4.39 Å². The largest absolute Gasteiger partial charge is 0.476 e. The van der Waals surface area contributed by atoms with Gasteiger partial charge in [-0.3, -0.25) is 9.88 Å². The van der Waals surface area contributed by atoms with Crippen LogP contribution in [0.5, 0.6) is 0 Å². The molecule has 4 aromatic rings. The molecular weight excluding hydrogens is 486 g/mol. The number of hydrogen-bond acceptors (Lipinski definition) is 9. The third kappa shape index (κ3) is 4.66. The zero-order valence-electron chi connectivity index (χ0n) is 20.1. The van der Waals surface area contributed by atoms with Crippen molar-refractivity contribution >= 4 is 34.3 Å². The van der Waals surface area contributed by atoms with E-state index in [2.05, 4.69) is 30.6 Å². The standard InChI is InChI=1S/C24H24F2N8O3/c1-27-22-20(14-9-28-10-16-19(14)29-12-33(16)2)31-21(24(35)36)23(32-22)30-15-4-3-13(17(25)18(15)26)11-34-5-7-37-8-6-34/h3-4,9-10,12H,5-8,11H2,1-2H3,(H,35,36)(H2,27,30,32). The van der Waals surface area contributed by atoms with E-state index in [9.17, 15) is 14.3 Å². The summed E-state index contributed by atoms with van der Waals surface area (Å²) in [6.45, 7) is 2.56. The number of benzene rings is 1. The Balaban J connectivity index is 1.52. The molecule has 0 unspecified atom stereocenters. The van der Waals surface area contributed by atoms with E-state index in [1.165, 1.54) is 18.3 Å². The Labute approximate surface area is 210 Å². The SMILES string of the molecule is CNc1nc(Nc2ccc(CN3CCOCC3)c(F)c2F)c(C(=O)O)nc1-c1cncc2c1ncn2C. The van der Waals surface area contributed by atoms with Crippen LogP contribution in [0.1, 0.15) is 16.1 Å². The van der Waals surface area contributed by atoms with Crippen LogP contribution in [0.3, 0.4) is 0 Å². The fraction of sp³-hybridized carbons (Fsp3) is 0.292. The quantitative estimate of drug-likeness (QED) is 0.341. The van der Waals surface area contributed by atoms with E-state index < -0.39 is 23.3 Å². The van der Waals surface area contributed by atoms with Crippen LogP contribution in [0, 0.1) is 11.6 Å². The molecule has 11 nitrogen and oxygen atoms in total. The summed E-state index contributed by atoms with van der Waals surface area (Å²) in [4.78, 5) is 31.3. The number of anilines is 3. The number of ether oxygens (including phenoxy) is 1. The molecule has 192 valence electrons. The molecule has 1 aromatic carbocycles. The van der Waals surface area contributed by atoms with E-state index in [0.717, 1.165) is 5.52 Å². The monoisotopic (exact) mass is 510 g/mol. The Hall–Kier alpha value is -4.23. The second kappa shape index (κ2) is 10.0.